The average Bonchev–Trinajstić information content (AvgIpc) is 1.77. The molecule has 0 aromatic heterocycles. The SMILES string of the molecule is NC1=NN=C(I)CC1. The minimum Gasteiger partial charge on any atom is -0.386 e. The largest absolute Gasteiger partial charge is 0.386 e. The predicted molar refractivity (Wildman–Crippen MR) is 42.3 cm³/mol. The summed E-state index contributed by atoms with van der Waals surface area (Å²) >= 11 is 2.15. The van der Waals surface area contributed by atoms with E-state index in [9.17, 15) is 0 Å². The zero-order valence-electron chi connectivity index (χ0n) is 4.26. The van der Waals surface area contributed by atoms with Gasteiger partial charge in [-0.1, -0.05) is 0 Å². The van der Waals surface area contributed by atoms with E-state index in [1.807, 2.05) is 0 Å². The zero-order chi connectivity index (χ0) is 5.98. The van der Waals surface area contributed by atoms with E-state index in [0.717, 1.165) is 16.6 Å². The van der Waals surface area contributed by atoms with Gasteiger partial charge in [-0.2, -0.15) is 0 Å². The molecule has 0 unspecified atom stereocenters. The Morgan fingerprint density at radius 1 is 1.38 bits per heavy atom. The molecule has 2 N–H and O–H groups in total. The first-order valence-corrected chi connectivity index (χ1v) is 3.41. The van der Waals surface area contributed by atoms with E-state index in [1.165, 1.54) is 0 Å². The molecule has 0 saturated carbocycles. The maximum absolute atomic E-state index is 5.34. The number of hydrogen-bond acceptors (Lipinski definition) is 3. The molecule has 0 bridgehead atoms. The van der Waals surface area contributed by atoms with Crippen LogP contribution in [0, 0.1) is 0 Å². The molecule has 44 valence electrons. The molecule has 0 aromatic rings. The monoisotopic (exact) mass is 223 g/mol. The second-order valence-corrected chi connectivity index (χ2v) is 2.81. The first kappa shape index (κ1) is 6.00. The smallest absolute Gasteiger partial charge is 0.122 e. The van der Waals surface area contributed by atoms with E-state index in [2.05, 4.69) is 32.8 Å². The standard InChI is InChI=1S/C4H6IN3/c5-3-1-2-4(6)8-7-3/h1-2H2,(H2,6,8). The molecule has 3 nitrogen and oxygen atoms in total. The summed E-state index contributed by atoms with van der Waals surface area (Å²) < 4.78 is 1.04. The van der Waals surface area contributed by atoms with Crippen molar-refractivity contribution in [3.63, 3.8) is 0 Å². The molecule has 1 aliphatic heterocycles. The van der Waals surface area contributed by atoms with Crippen LogP contribution in [0.5, 0.6) is 0 Å². The summed E-state index contributed by atoms with van der Waals surface area (Å²) in [6.45, 7) is 0. The number of nitrogens with zero attached hydrogens (tertiary/aromatic N) is 2. The molecule has 1 aliphatic rings. The van der Waals surface area contributed by atoms with Crippen molar-refractivity contribution in [2.24, 2.45) is 15.9 Å². The molecule has 8 heavy (non-hydrogen) atoms. The molecular formula is C4H6IN3. The van der Waals surface area contributed by atoms with Gasteiger partial charge in [0, 0.05) is 12.8 Å². The summed E-state index contributed by atoms with van der Waals surface area (Å²) in [5, 5.41) is 7.46. The Labute approximate surface area is 61.2 Å². The van der Waals surface area contributed by atoms with Gasteiger partial charge in [-0.05, 0) is 22.6 Å². The molecule has 0 aliphatic carbocycles. The van der Waals surface area contributed by atoms with Crippen LogP contribution < -0.4 is 5.73 Å². The molecule has 0 amide bonds. The molecule has 0 atom stereocenters. The van der Waals surface area contributed by atoms with Crippen LogP contribution in [0.3, 0.4) is 0 Å². The summed E-state index contributed by atoms with van der Waals surface area (Å²) in [4.78, 5) is 0. The number of amidine groups is 1. The van der Waals surface area contributed by atoms with Gasteiger partial charge in [-0.15, -0.1) is 10.2 Å². The van der Waals surface area contributed by atoms with Crippen molar-refractivity contribution in [1.82, 2.24) is 0 Å². The van der Waals surface area contributed by atoms with Gasteiger partial charge in [0.1, 0.15) is 9.55 Å². The van der Waals surface area contributed by atoms with Crippen molar-refractivity contribution >= 4 is 32.1 Å². The predicted octanol–water partition coefficient (Wildman–Crippen LogP) is 0.886. The fourth-order valence-electron chi connectivity index (χ4n) is 0.450. The summed E-state index contributed by atoms with van der Waals surface area (Å²) in [5.74, 6) is 0.644. The van der Waals surface area contributed by atoms with Crippen molar-refractivity contribution < 1.29 is 0 Å². The third kappa shape index (κ3) is 1.43. The van der Waals surface area contributed by atoms with Gasteiger partial charge in [0.05, 0.1) is 0 Å². The molecule has 0 fully saturated rings. The molecule has 0 radical (unpaired) electrons. The van der Waals surface area contributed by atoms with Crippen molar-refractivity contribution in [2.75, 3.05) is 0 Å². The van der Waals surface area contributed by atoms with E-state index in [4.69, 9.17) is 5.73 Å². The molecule has 0 saturated heterocycles. The highest BCUT2D eigenvalue weighted by atomic mass is 127. The van der Waals surface area contributed by atoms with E-state index < -0.39 is 0 Å². The zero-order valence-corrected chi connectivity index (χ0v) is 6.42. The van der Waals surface area contributed by atoms with Gasteiger partial charge in [0.15, 0.2) is 0 Å². The Morgan fingerprint density at radius 3 is 2.50 bits per heavy atom. The average molecular weight is 223 g/mol. The van der Waals surface area contributed by atoms with E-state index in [-0.39, 0.29) is 0 Å². The lowest BCUT2D eigenvalue weighted by molar-refractivity contribution is 1.04. The fraction of sp³-hybridized carbons (Fsp3) is 0.500. The van der Waals surface area contributed by atoms with Gasteiger partial charge in [0.2, 0.25) is 0 Å². The maximum atomic E-state index is 5.34. The number of rotatable bonds is 0. The number of nitrogens with two attached hydrogens (primary N) is 1. The lowest BCUT2D eigenvalue weighted by Crippen LogP contribution is -2.14. The van der Waals surface area contributed by atoms with Crippen LogP contribution >= 0.6 is 22.6 Å². The Kier molecular flexibility index (Phi) is 1.82. The second-order valence-electron chi connectivity index (χ2n) is 1.57. The highest BCUT2D eigenvalue weighted by molar-refractivity contribution is 14.1. The summed E-state index contributed by atoms with van der Waals surface area (Å²) in [7, 11) is 0. The Balaban J connectivity index is 2.65. The van der Waals surface area contributed by atoms with Crippen LogP contribution in [0.25, 0.3) is 0 Å². The summed E-state index contributed by atoms with van der Waals surface area (Å²) in [6, 6.07) is 0. The minimum atomic E-state index is 0.644. The third-order valence-corrected chi connectivity index (χ3v) is 1.63. The van der Waals surface area contributed by atoms with E-state index in [1.54, 1.807) is 0 Å². The second kappa shape index (κ2) is 2.43. The van der Waals surface area contributed by atoms with E-state index in [0.29, 0.717) is 5.84 Å². The molecule has 4 heteroatoms. The third-order valence-electron chi connectivity index (χ3n) is 0.874. The number of hydrogen-bond donors (Lipinski definition) is 1. The van der Waals surface area contributed by atoms with Crippen LogP contribution in [-0.2, 0) is 0 Å². The van der Waals surface area contributed by atoms with E-state index >= 15 is 0 Å². The summed E-state index contributed by atoms with van der Waals surface area (Å²) in [6.07, 6.45) is 1.82. The van der Waals surface area contributed by atoms with Crippen LogP contribution in [0.15, 0.2) is 10.2 Å². The van der Waals surface area contributed by atoms with Crippen LogP contribution in [0.2, 0.25) is 0 Å². The molecule has 1 heterocycles. The van der Waals surface area contributed by atoms with Gasteiger partial charge in [-0.3, -0.25) is 0 Å². The Bertz CT molecular complexity index is 131. The first-order valence-electron chi connectivity index (χ1n) is 2.33. The van der Waals surface area contributed by atoms with Crippen LogP contribution in [0.4, 0.5) is 0 Å². The Morgan fingerprint density at radius 2 is 2.12 bits per heavy atom. The highest BCUT2D eigenvalue weighted by Crippen LogP contribution is 2.06. The van der Waals surface area contributed by atoms with Crippen molar-refractivity contribution in [1.29, 1.82) is 0 Å². The van der Waals surface area contributed by atoms with Crippen molar-refractivity contribution in [3.8, 4) is 0 Å². The minimum absolute atomic E-state index is 0.644. The lowest BCUT2D eigenvalue weighted by atomic mass is 10.3. The van der Waals surface area contributed by atoms with Gasteiger partial charge in [-0.25, -0.2) is 0 Å². The van der Waals surface area contributed by atoms with Crippen molar-refractivity contribution in [3.05, 3.63) is 0 Å². The van der Waals surface area contributed by atoms with Gasteiger partial charge >= 0.3 is 0 Å². The Hall–Kier alpha value is -0.130. The van der Waals surface area contributed by atoms with Crippen LogP contribution in [-0.4, -0.2) is 9.55 Å². The maximum Gasteiger partial charge on any atom is 0.122 e. The summed E-state index contributed by atoms with van der Waals surface area (Å²) in [5.41, 5.74) is 5.34. The quantitative estimate of drug-likeness (QED) is 0.609. The highest BCUT2D eigenvalue weighted by Gasteiger charge is 2.01. The van der Waals surface area contributed by atoms with Crippen LogP contribution in [0.1, 0.15) is 12.8 Å². The van der Waals surface area contributed by atoms with Gasteiger partial charge < -0.3 is 5.73 Å². The molecular weight excluding hydrogens is 217 g/mol. The first-order chi connectivity index (χ1) is 3.79. The van der Waals surface area contributed by atoms with Crippen molar-refractivity contribution in [2.45, 2.75) is 12.8 Å². The normalized spacial score (nSPS) is 19.6. The molecule has 0 spiro atoms. The lowest BCUT2D eigenvalue weighted by Gasteiger charge is -2.01. The fourth-order valence-corrected chi connectivity index (χ4v) is 0.827. The van der Waals surface area contributed by atoms with Gasteiger partial charge in [0.25, 0.3) is 0 Å². The molecule has 1 rings (SSSR count). The number of halogens is 1. The molecule has 0 aromatic carbocycles. The topological polar surface area (TPSA) is 50.7 Å².